The average molecular weight is 327 g/mol. The fourth-order valence-electron chi connectivity index (χ4n) is 3.52. The van der Waals surface area contributed by atoms with Gasteiger partial charge in [-0.05, 0) is 30.7 Å². The third kappa shape index (κ3) is 3.31. The minimum atomic E-state index is -2.97. The van der Waals surface area contributed by atoms with E-state index in [1.165, 1.54) is 17.8 Å². The van der Waals surface area contributed by atoms with E-state index in [1.54, 1.807) is 0 Å². The van der Waals surface area contributed by atoms with Crippen LogP contribution in [0.1, 0.15) is 48.9 Å². The highest BCUT2D eigenvalue weighted by Gasteiger charge is 2.38. The minimum Gasteiger partial charge on any atom is -0.332 e. The van der Waals surface area contributed by atoms with Gasteiger partial charge in [0.2, 0.25) is 0 Å². The Bertz CT molecular complexity index is 588. The molecule has 1 aromatic rings. The molecule has 6 heteroatoms. The molecule has 1 saturated heterocycles. The first kappa shape index (κ1) is 15.0. The lowest BCUT2D eigenvalue weighted by molar-refractivity contribution is 0.0542. The Morgan fingerprint density at radius 2 is 1.90 bits per heavy atom. The summed E-state index contributed by atoms with van der Waals surface area (Å²) in [6, 6.07) is 1.92. The van der Waals surface area contributed by atoms with Gasteiger partial charge in [0.05, 0.1) is 17.1 Å². The van der Waals surface area contributed by atoms with E-state index >= 15 is 0 Å². The van der Waals surface area contributed by atoms with Crippen molar-refractivity contribution in [1.82, 2.24) is 4.90 Å². The molecule has 0 unspecified atom stereocenters. The molecule has 0 aromatic carbocycles. The Morgan fingerprint density at radius 3 is 2.48 bits per heavy atom. The van der Waals surface area contributed by atoms with Gasteiger partial charge in [-0.3, -0.25) is 4.79 Å². The van der Waals surface area contributed by atoms with Crippen molar-refractivity contribution in [3.63, 3.8) is 0 Å². The molecule has 0 N–H and O–H groups in total. The normalized spacial score (nSPS) is 25.8. The number of amides is 1. The number of carbonyl (C=O) groups excluding carboxylic acids is 1. The Balaban J connectivity index is 1.85. The molecule has 0 bridgehead atoms. The summed E-state index contributed by atoms with van der Waals surface area (Å²) >= 11 is 1.51. The van der Waals surface area contributed by atoms with Crippen molar-refractivity contribution in [2.75, 3.05) is 11.5 Å². The van der Waals surface area contributed by atoms with Gasteiger partial charge in [0.1, 0.15) is 0 Å². The molecule has 1 amide bonds. The second-order valence-corrected chi connectivity index (χ2v) is 9.08. The van der Waals surface area contributed by atoms with Crippen molar-refractivity contribution in [2.24, 2.45) is 0 Å². The predicted octanol–water partition coefficient (Wildman–Crippen LogP) is 2.71. The summed E-state index contributed by atoms with van der Waals surface area (Å²) in [5.41, 5.74) is 0.704. The Morgan fingerprint density at radius 1 is 1.14 bits per heavy atom. The molecule has 116 valence electrons. The van der Waals surface area contributed by atoms with Crippen LogP contribution >= 0.6 is 11.3 Å². The van der Waals surface area contributed by atoms with E-state index in [-0.39, 0.29) is 29.5 Å². The molecular formula is C15H21NO3S2. The molecule has 21 heavy (non-hydrogen) atoms. The third-order valence-electron chi connectivity index (χ3n) is 4.57. The van der Waals surface area contributed by atoms with Crippen molar-refractivity contribution in [2.45, 2.75) is 50.6 Å². The second kappa shape index (κ2) is 6.08. The Kier molecular flexibility index (Phi) is 4.36. The van der Waals surface area contributed by atoms with E-state index in [2.05, 4.69) is 0 Å². The van der Waals surface area contributed by atoms with E-state index in [9.17, 15) is 13.2 Å². The molecule has 2 heterocycles. The molecule has 1 aliphatic heterocycles. The quantitative estimate of drug-likeness (QED) is 0.858. The number of carbonyl (C=O) groups is 1. The van der Waals surface area contributed by atoms with Crippen molar-refractivity contribution in [3.05, 3.63) is 22.4 Å². The molecule has 0 spiro atoms. The van der Waals surface area contributed by atoms with Crippen molar-refractivity contribution in [1.29, 1.82) is 0 Å². The van der Waals surface area contributed by atoms with Gasteiger partial charge in [0.25, 0.3) is 5.91 Å². The first-order chi connectivity index (χ1) is 10.1. The van der Waals surface area contributed by atoms with Crippen LogP contribution in [0.2, 0.25) is 0 Å². The summed E-state index contributed by atoms with van der Waals surface area (Å²) in [6.07, 6.45) is 6.10. The predicted molar refractivity (Wildman–Crippen MR) is 84.4 cm³/mol. The topological polar surface area (TPSA) is 54.5 Å². The third-order valence-corrected chi connectivity index (χ3v) is 7.01. The molecule has 2 fully saturated rings. The van der Waals surface area contributed by atoms with Gasteiger partial charge >= 0.3 is 0 Å². The summed E-state index contributed by atoms with van der Waals surface area (Å²) in [4.78, 5) is 14.7. The summed E-state index contributed by atoms with van der Waals surface area (Å²) in [6.45, 7) is 0. The zero-order valence-corrected chi connectivity index (χ0v) is 13.7. The highest BCUT2D eigenvalue weighted by molar-refractivity contribution is 7.91. The zero-order valence-electron chi connectivity index (χ0n) is 12.0. The number of hydrogen-bond donors (Lipinski definition) is 0. The van der Waals surface area contributed by atoms with Gasteiger partial charge in [0.15, 0.2) is 9.84 Å². The number of hydrogen-bond acceptors (Lipinski definition) is 4. The lowest BCUT2D eigenvalue weighted by atomic mass is 9.92. The van der Waals surface area contributed by atoms with Crippen LogP contribution in [0.5, 0.6) is 0 Å². The first-order valence-electron chi connectivity index (χ1n) is 7.62. The fraction of sp³-hybridized carbons (Fsp3) is 0.667. The van der Waals surface area contributed by atoms with E-state index < -0.39 is 9.84 Å². The van der Waals surface area contributed by atoms with Crippen molar-refractivity contribution < 1.29 is 13.2 Å². The van der Waals surface area contributed by atoms with Gasteiger partial charge in [-0.15, -0.1) is 0 Å². The highest BCUT2D eigenvalue weighted by atomic mass is 32.2. The standard InChI is InChI=1S/C15H21NO3S2/c17-15(12-6-8-20-10-12)16(13-4-2-1-3-5-13)14-7-9-21(18,19)11-14/h6,8,10,13-14H,1-5,7,9,11H2/t14-/m0/s1. The second-order valence-electron chi connectivity index (χ2n) is 6.07. The van der Waals surface area contributed by atoms with Crippen LogP contribution < -0.4 is 0 Å². The minimum absolute atomic E-state index is 0.0188. The molecule has 1 atom stereocenters. The lowest BCUT2D eigenvalue weighted by Crippen LogP contribution is -2.48. The maximum absolute atomic E-state index is 12.8. The summed E-state index contributed by atoms with van der Waals surface area (Å²) in [7, 11) is -2.97. The number of rotatable bonds is 3. The van der Waals surface area contributed by atoms with Gasteiger partial charge in [-0.25, -0.2) is 8.42 Å². The number of nitrogens with zero attached hydrogens (tertiary/aromatic N) is 1. The summed E-state index contributed by atoms with van der Waals surface area (Å²) in [5.74, 6) is 0.377. The summed E-state index contributed by atoms with van der Waals surface area (Å²) < 4.78 is 23.6. The van der Waals surface area contributed by atoms with E-state index in [4.69, 9.17) is 0 Å². The number of sulfone groups is 1. The Labute approximate surface area is 130 Å². The highest BCUT2D eigenvalue weighted by Crippen LogP contribution is 2.30. The molecule has 1 aromatic heterocycles. The van der Waals surface area contributed by atoms with Crippen LogP contribution in [0, 0.1) is 0 Å². The van der Waals surface area contributed by atoms with Crippen LogP contribution in [0.3, 0.4) is 0 Å². The average Bonchev–Trinajstić information content (AvgIpc) is 3.10. The Hall–Kier alpha value is -0.880. The van der Waals surface area contributed by atoms with Crippen LogP contribution in [-0.4, -0.2) is 42.8 Å². The maximum Gasteiger partial charge on any atom is 0.255 e. The molecule has 0 radical (unpaired) electrons. The molecule has 1 aliphatic carbocycles. The van der Waals surface area contributed by atoms with Crippen LogP contribution in [0.15, 0.2) is 16.8 Å². The smallest absolute Gasteiger partial charge is 0.255 e. The number of thiophene rings is 1. The van der Waals surface area contributed by atoms with E-state index in [1.807, 2.05) is 21.7 Å². The molecule has 3 rings (SSSR count). The molecule has 1 saturated carbocycles. The SMILES string of the molecule is O=C(c1ccsc1)N(C1CCCCC1)[C@H]1CCS(=O)(=O)C1. The van der Waals surface area contributed by atoms with Gasteiger partial charge in [0, 0.05) is 17.5 Å². The van der Waals surface area contributed by atoms with Gasteiger partial charge in [-0.1, -0.05) is 19.3 Å². The van der Waals surface area contributed by atoms with Crippen molar-refractivity contribution >= 4 is 27.1 Å². The molecule has 4 nitrogen and oxygen atoms in total. The fourth-order valence-corrected chi connectivity index (χ4v) is 5.86. The van der Waals surface area contributed by atoms with Crippen LogP contribution in [-0.2, 0) is 9.84 Å². The van der Waals surface area contributed by atoms with Crippen molar-refractivity contribution in [3.8, 4) is 0 Å². The van der Waals surface area contributed by atoms with Gasteiger partial charge < -0.3 is 4.90 Å². The monoisotopic (exact) mass is 327 g/mol. The van der Waals surface area contributed by atoms with E-state index in [0.717, 1.165) is 25.7 Å². The molecule has 2 aliphatic rings. The lowest BCUT2D eigenvalue weighted by Gasteiger charge is -2.38. The molecular weight excluding hydrogens is 306 g/mol. The van der Waals surface area contributed by atoms with Gasteiger partial charge in [-0.2, -0.15) is 11.3 Å². The largest absolute Gasteiger partial charge is 0.332 e. The van der Waals surface area contributed by atoms with Crippen LogP contribution in [0.4, 0.5) is 0 Å². The summed E-state index contributed by atoms with van der Waals surface area (Å²) in [5, 5.41) is 3.76. The van der Waals surface area contributed by atoms with E-state index in [0.29, 0.717) is 12.0 Å². The first-order valence-corrected chi connectivity index (χ1v) is 10.4. The van der Waals surface area contributed by atoms with Crippen LogP contribution in [0.25, 0.3) is 0 Å². The maximum atomic E-state index is 12.8. The zero-order chi connectivity index (χ0) is 14.9.